The third-order valence-electron chi connectivity index (χ3n) is 3.02. The maximum absolute atomic E-state index is 10.8. The fourth-order valence-corrected chi connectivity index (χ4v) is 1.76. The highest BCUT2D eigenvalue weighted by Gasteiger charge is 2.41. The molecule has 0 saturated heterocycles. The highest BCUT2D eigenvalue weighted by molar-refractivity contribution is 5.89. The van der Waals surface area contributed by atoms with Gasteiger partial charge in [-0.25, -0.2) is 4.79 Å². The van der Waals surface area contributed by atoms with E-state index in [0.29, 0.717) is 5.56 Å². The Balaban J connectivity index is 2.18. The van der Waals surface area contributed by atoms with Gasteiger partial charge in [-0.3, -0.25) is 0 Å². The molecule has 0 atom stereocenters. The summed E-state index contributed by atoms with van der Waals surface area (Å²) >= 11 is 0. The van der Waals surface area contributed by atoms with E-state index in [-0.39, 0.29) is 12.1 Å². The van der Waals surface area contributed by atoms with Crippen molar-refractivity contribution in [1.82, 2.24) is 0 Å². The van der Waals surface area contributed by atoms with Crippen LogP contribution in [0.5, 0.6) is 0 Å². The molecule has 86 valence electrons. The first-order chi connectivity index (χ1) is 7.56. The van der Waals surface area contributed by atoms with Crippen molar-refractivity contribution in [2.45, 2.75) is 25.3 Å². The zero-order valence-electron chi connectivity index (χ0n) is 9.16. The van der Waals surface area contributed by atoms with Gasteiger partial charge in [0.25, 0.3) is 0 Å². The van der Waals surface area contributed by atoms with Gasteiger partial charge in [0.15, 0.2) is 0 Å². The molecule has 1 aliphatic rings. The molecule has 0 amide bonds. The Morgan fingerprint density at radius 3 is 2.62 bits per heavy atom. The second kappa shape index (κ2) is 3.79. The average Bonchev–Trinajstić information content (AvgIpc) is 2.98. The SMILES string of the molecule is Cc1cc(NC2(CO)CC2)ccc1C(=O)O. The number of rotatable bonds is 4. The lowest BCUT2D eigenvalue weighted by molar-refractivity contribution is 0.0696. The lowest BCUT2D eigenvalue weighted by Crippen LogP contribution is -2.25. The number of aryl methyl sites for hydroxylation is 1. The van der Waals surface area contributed by atoms with Gasteiger partial charge >= 0.3 is 5.97 Å². The van der Waals surface area contributed by atoms with E-state index in [1.807, 2.05) is 0 Å². The molecular formula is C12H15NO3. The van der Waals surface area contributed by atoms with Gasteiger partial charge in [0.1, 0.15) is 0 Å². The summed E-state index contributed by atoms with van der Waals surface area (Å²) in [5.74, 6) is -0.910. The maximum Gasteiger partial charge on any atom is 0.335 e. The second-order valence-electron chi connectivity index (χ2n) is 4.40. The summed E-state index contributed by atoms with van der Waals surface area (Å²) in [6, 6.07) is 5.14. The van der Waals surface area contributed by atoms with Gasteiger partial charge in [-0.2, -0.15) is 0 Å². The van der Waals surface area contributed by atoms with Gasteiger partial charge in [0.05, 0.1) is 17.7 Å². The molecule has 1 aromatic carbocycles. The van der Waals surface area contributed by atoms with E-state index in [1.54, 1.807) is 25.1 Å². The first kappa shape index (κ1) is 11.0. The van der Waals surface area contributed by atoms with Crippen molar-refractivity contribution in [3.05, 3.63) is 29.3 Å². The van der Waals surface area contributed by atoms with Crippen molar-refractivity contribution in [3.8, 4) is 0 Å². The quantitative estimate of drug-likeness (QED) is 0.722. The van der Waals surface area contributed by atoms with Crippen LogP contribution in [0, 0.1) is 6.92 Å². The highest BCUT2D eigenvalue weighted by atomic mass is 16.4. The van der Waals surface area contributed by atoms with Crippen LogP contribution < -0.4 is 5.32 Å². The molecule has 0 spiro atoms. The van der Waals surface area contributed by atoms with Crippen LogP contribution in [0.2, 0.25) is 0 Å². The van der Waals surface area contributed by atoms with Crippen LogP contribution in [-0.4, -0.2) is 28.3 Å². The molecule has 4 heteroatoms. The second-order valence-corrected chi connectivity index (χ2v) is 4.40. The van der Waals surface area contributed by atoms with Gasteiger partial charge in [0.2, 0.25) is 0 Å². The maximum atomic E-state index is 10.8. The molecule has 1 aliphatic carbocycles. The average molecular weight is 221 g/mol. The largest absolute Gasteiger partial charge is 0.478 e. The van der Waals surface area contributed by atoms with Crippen LogP contribution in [0.4, 0.5) is 5.69 Å². The molecule has 0 radical (unpaired) electrons. The number of anilines is 1. The molecule has 0 heterocycles. The molecule has 3 N–H and O–H groups in total. The first-order valence-electron chi connectivity index (χ1n) is 5.29. The number of carboxylic acid groups (broad SMARTS) is 1. The third kappa shape index (κ3) is 2.02. The molecule has 2 rings (SSSR count). The number of aromatic carboxylic acids is 1. The molecule has 0 aromatic heterocycles. The van der Waals surface area contributed by atoms with Crippen molar-refractivity contribution in [2.24, 2.45) is 0 Å². The van der Waals surface area contributed by atoms with Crippen LogP contribution in [0.3, 0.4) is 0 Å². The van der Waals surface area contributed by atoms with E-state index in [2.05, 4.69) is 5.32 Å². The van der Waals surface area contributed by atoms with Crippen LogP contribution in [0.1, 0.15) is 28.8 Å². The Labute approximate surface area is 93.9 Å². The third-order valence-corrected chi connectivity index (χ3v) is 3.02. The monoisotopic (exact) mass is 221 g/mol. The molecule has 4 nitrogen and oxygen atoms in total. The Hall–Kier alpha value is -1.55. The molecule has 1 fully saturated rings. The molecule has 0 bridgehead atoms. The Bertz CT molecular complexity index is 424. The molecule has 16 heavy (non-hydrogen) atoms. The number of benzene rings is 1. The van der Waals surface area contributed by atoms with Crippen molar-refractivity contribution in [1.29, 1.82) is 0 Å². The Morgan fingerprint density at radius 1 is 1.50 bits per heavy atom. The van der Waals surface area contributed by atoms with E-state index in [9.17, 15) is 9.90 Å². The fraction of sp³-hybridized carbons (Fsp3) is 0.417. The van der Waals surface area contributed by atoms with E-state index in [4.69, 9.17) is 5.11 Å². The zero-order valence-corrected chi connectivity index (χ0v) is 9.16. The summed E-state index contributed by atoms with van der Waals surface area (Å²) in [6.45, 7) is 1.89. The number of aliphatic hydroxyl groups excluding tert-OH is 1. The van der Waals surface area contributed by atoms with Crippen LogP contribution >= 0.6 is 0 Å². The lowest BCUT2D eigenvalue weighted by atomic mass is 10.1. The Morgan fingerprint density at radius 2 is 2.19 bits per heavy atom. The minimum absolute atomic E-state index is 0.118. The summed E-state index contributed by atoms with van der Waals surface area (Å²) in [4.78, 5) is 10.8. The Kier molecular flexibility index (Phi) is 2.59. The summed E-state index contributed by atoms with van der Waals surface area (Å²) in [6.07, 6.45) is 1.92. The minimum atomic E-state index is -0.910. The standard InChI is InChI=1S/C12H15NO3/c1-8-6-9(2-3-10(8)11(15)16)13-12(7-14)4-5-12/h2-3,6,13-14H,4-5,7H2,1H3,(H,15,16). The van der Waals surface area contributed by atoms with E-state index < -0.39 is 5.97 Å². The summed E-state index contributed by atoms with van der Waals surface area (Å²) in [7, 11) is 0. The van der Waals surface area contributed by atoms with Gasteiger partial charge in [-0.15, -0.1) is 0 Å². The number of nitrogens with one attached hydrogen (secondary N) is 1. The number of carbonyl (C=O) groups is 1. The zero-order chi connectivity index (χ0) is 11.8. The predicted molar refractivity (Wildman–Crippen MR) is 60.8 cm³/mol. The first-order valence-corrected chi connectivity index (χ1v) is 5.29. The molecular weight excluding hydrogens is 206 g/mol. The van der Waals surface area contributed by atoms with Gasteiger partial charge in [-0.1, -0.05) is 0 Å². The normalized spacial score (nSPS) is 16.9. The van der Waals surface area contributed by atoms with E-state index in [1.165, 1.54) is 0 Å². The number of hydrogen-bond acceptors (Lipinski definition) is 3. The van der Waals surface area contributed by atoms with Crippen molar-refractivity contribution in [3.63, 3.8) is 0 Å². The molecule has 1 aromatic rings. The van der Waals surface area contributed by atoms with Crippen molar-refractivity contribution in [2.75, 3.05) is 11.9 Å². The topological polar surface area (TPSA) is 69.6 Å². The summed E-state index contributed by atoms with van der Waals surface area (Å²) < 4.78 is 0. The lowest BCUT2D eigenvalue weighted by Gasteiger charge is -2.16. The highest BCUT2D eigenvalue weighted by Crippen LogP contribution is 2.38. The van der Waals surface area contributed by atoms with Crippen LogP contribution in [0.15, 0.2) is 18.2 Å². The molecule has 1 saturated carbocycles. The number of hydrogen-bond donors (Lipinski definition) is 3. The van der Waals surface area contributed by atoms with Crippen molar-refractivity contribution < 1.29 is 15.0 Å². The van der Waals surface area contributed by atoms with Crippen LogP contribution in [-0.2, 0) is 0 Å². The molecule has 0 unspecified atom stereocenters. The molecule has 0 aliphatic heterocycles. The van der Waals surface area contributed by atoms with Gasteiger partial charge in [0, 0.05) is 5.69 Å². The minimum Gasteiger partial charge on any atom is -0.478 e. The number of carboxylic acids is 1. The fourth-order valence-electron chi connectivity index (χ4n) is 1.76. The van der Waals surface area contributed by atoms with E-state index in [0.717, 1.165) is 24.1 Å². The van der Waals surface area contributed by atoms with Crippen molar-refractivity contribution >= 4 is 11.7 Å². The van der Waals surface area contributed by atoms with Gasteiger partial charge in [-0.05, 0) is 43.5 Å². The predicted octanol–water partition coefficient (Wildman–Crippen LogP) is 1.63. The van der Waals surface area contributed by atoms with Gasteiger partial charge < -0.3 is 15.5 Å². The number of aliphatic hydroxyl groups is 1. The van der Waals surface area contributed by atoms with Crippen LogP contribution in [0.25, 0.3) is 0 Å². The smallest absolute Gasteiger partial charge is 0.335 e. The summed E-state index contributed by atoms with van der Waals surface area (Å²) in [5, 5.41) is 21.3. The van der Waals surface area contributed by atoms with E-state index >= 15 is 0 Å². The summed E-state index contributed by atoms with van der Waals surface area (Å²) in [5.41, 5.74) is 1.75.